The predicted octanol–water partition coefficient (Wildman–Crippen LogP) is 0.824. The van der Waals surface area contributed by atoms with E-state index in [2.05, 4.69) is 0 Å². The number of carbonyl (C=O) groups excluding carboxylic acids is 1. The smallest absolute Gasteiger partial charge is 0.225 e. The third-order valence-corrected chi connectivity index (χ3v) is 5.29. The molecule has 2 aliphatic heterocycles. The standard InChI is InChI=1S/C11H19NO3S/c13-11(12-6-2-1-3-7-12)10-4-8-16(14,15)9-5-10/h10H,1-9H2. The van der Waals surface area contributed by atoms with Crippen LogP contribution in [-0.2, 0) is 14.6 Å². The summed E-state index contributed by atoms with van der Waals surface area (Å²) in [6.45, 7) is 1.73. The highest BCUT2D eigenvalue weighted by molar-refractivity contribution is 7.91. The van der Waals surface area contributed by atoms with Gasteiger partial charge in [-0.25, -0.2) is 8.42 Å². The van der Waals surface area contributed by atoms with E-state index >= 15 is 0 Å². The maximum atomic E-state index is 12.1. The van der Waals surface area contributed by atoms with Gasteiger partial charge >= 0.3 is 0 Å². The van der Waals surface area contributed by atoms with Gasteiger partial charge in [-0.2, -0.15) is 0 Å². The van der Waals surface area contributed by atoms with Crippen LogP contribution < -0.4 is 0 Å². The molecule has 2 saturated heterocycles. The third kappa shape index (κ3) is 2.75. The molecule has 2 heterocycles. The molecule has 1 amide bonds. The van der Waals surface area contributed by atoms with Crippen molar-refractivity contribution in [3.8, 4) is 0 Å². The quantitative estimate of drug-likeness (QED) is 0.687. The molecule has 4 nitrogen and oxygen atoms in total. The van der Waals surface area contributed by atoms with Crippen LogP contribution in [-0.4, -0.2) is 43.8 Å². The molecule has 5 heteroatoms. The van der Waals surface area contributed by atoms with Crippen molar-refractivity contribution in [2.24, 2.45) is 5.92 Å². The van der Waals surface area contributed by atoms with Crippen molar-refractivity contribution in [2.75, 3.05) is 24.6 Å². The third-order valence-electron chi connectivity index (χ3n) is 3.57. The Labute approximate surface area is 96.9 Å². The maximum absolute atomic E-state index is 12.1. The summed E-state index contributed by atoms with van der Waals surface area (Å²) >= 11 is 0. The van der Waals surface area contributed by atoms with Crippen molar-refractivity contribution < 1.29 is 13.2 Å². The van der Waals surface area contributed by atoms with Crippen LogP contribution in [0.5, 0.6) is 0 Å². The molecular weight excluding hydrogens is 226 g/mol. The molecule has 0 aromatic rings. The highest BCUT2D eigenvalue weighted by Gasteiger charge is 2.31. The Morgan fingerprint density at radius 2 is 1.56 bits per heavy atom. The molecular formula is C11H19NO3S. The number of rotatable bonds is 1. The molecule has 2 rings (SSSR count). The van der Waals surface area contributed by atoms with Crippen molar-refractivity contribution in [3.05, 3.63) is 0 Å². The predicted molar refractivity (Wildman–Crippen MR) is 61.8 cm³/mol. The largest absolute Gasteiger partial charge is 0.342 e. The molecule has 0 aromatic heterocycles. The highest BCUT2D eigenvalue weighted by atomic mass is 32.2. The summed E-state index contributed by atoms with van der Waals surface area (Å²) in [6, 6.07) is 0. The van der Waals surface area contributed by atoms with Gasteiger partial charge in [0.1, 0.15) is 9.84 Å². The minimum Gasteiger partial charge on any atom is -0.342 e. The van der Waals surface area contributed by atoms with E-state index in [4.69, 9.17) is 0 Å². The average Bonchev–Trinajstić information content (AvgIpc) is 2.29. The Hall–Kier alpha value is -0.580. The summed E-state index contributed by atoms with van der Waals surface area (Å²) in [4.78, 5) is 14.0. The molecule has 0 bridgehead atoms. The molecule has 0 radical (unpaired) electrons. The van der Waals surface area contributed by atoms with Gasteiger partial charge in [0, 0.05) is 19.0 Å². The number of sulfone groups is 1. The van der Waals surface area contributed by atoms with E-state index in [1.807, 2.05) is 4.90 Å². The van der Waals surface area contributed by atoms with Crippen molar-refractivity contribution >= 4 is 15.7 Å². The van der Waals surface area contributed by atoms with Crippen LogP contribution in [0.1, 0.15) is 32.1 Å². The monoisotopic (exact) mass is 245 g/mol. The van der Waals surface area contributed by atoms with Crippen molar-refractivity contribution in [2.45, 2.75) is 32.1 Å². The van der Waals surface area contributed by atoms with Crippen LogP contribution in [0.25, 0.3) is 0 Å². The fraction of sp³-hybridized carbons (Fsp3) is 0.909. The van der Waals surface area contributed by atoms with Gasteiger partial charge in [-0.15, -0.1) is 0 Å². The van der Waals surface area contributed by atoms with Crippen molar-refractivity contribution in [1.82, 2.24) is 4.90 Å². The van der Waals surface area contributed by atoms with Crippen LogP contribution in [0.4, 0.5) is 0 Å². The summed E-state index contributed by atoms with van der Waals surface area (Å²) in [7, 11) is -2.85. The zero-order valence-corrected chi connectivity index (χ0v) is 10.3. The number of carbonyl (C=O) groups is 1. The van der Waals surface area contributed by atoms with Gasteiger partial charge in [-0.3, -0.25) is 4.79 Å². The highest BCUT2D eigenvalue weighted by Crippen LogP contribution is 2.22. The number of likely N-dealkylation sites (tertiary alicyclic amines) is 1. The van der Waals surface area contributed by atoms with Crippen molar-refractivity contribution in [1.29, 1.82) is 0 Å². The van der Waals surface area contributed by atoms with Gasteiger partial charge in [0.25, 0.3) is 0 Å². The first-order chi connectivity index (χ1) is 7.58. The zero-order valence-electron chi connectivity index (χ0n) is 9.52. The van der Waals surface area contributed by atoms with Crippen molar-refractivity contribution in [3.63, 3.8) is 0 Å². The lowest BCUT2D eigenvalue weighted by atomic mass is 9.99. The summed E-state index contributed by atoms with van der Waals surface area (Å²) in [5, 5.41) is 0. The Bertz CT molecular complexity index is 343. The first-order valence-electron chi connectivity index (χ1n) is 6.08. The molecule has 2 fully saturated rings. The van der Waals surface area contributed by atoms with E-state index in [0.29, 0.717) is 12.8 Å². The molecule has 0 aliphatic carbocycles. The van der Waals surface area contributed by atoms with Gasteiger partial charge in [0.15, 0.2) is 0 Å². The van der Waals surface area contributed by atoms with E-state index in [1.165, 1.54) is 6.42 Å². The molecule has 92 valence electrons. The number of hydrogen-bond donors (Lipinski definition) is 0. The van der Waals surface area contributed by atoms with Crippen LogP contribution in [0.3, 0.4) is 0 Å². The number of piperidine rings is 1. The normalized spacial score (nSPS) is 26.6. The lowest BCUT2D eigenvalue weighted by Gasteiger charge is -2.31. The fourth-order valence-corrected chi connectivity index (χ4v) is 4.00. The number of nitrogens with zero attached hydrogens (tertiary/aromatic N) is 1. The average molecular weight is 245 g/mol. The first kappa shape index (κ1) is 11.9. The minimum absolute atomic E-state index is 0.0402. The first-order valence-corrected chi connectivity index (χ1v) is 7.90. The second-order valence-electron chi connectivity index (χ2n) is 4.81. The summed E-state index contributed by atoms with van der Waals surface area (Å²) < 4.78 is 22.5. The molecule has 0 N–H and O–H groups in total. The Morgan fingerprint density at radius 1 is 1.00 bits per heavy atom. The van der Waals surface area contributed by atoms with E-state index in [1.54, 1.807) is 0 Å². The van der Waals surface area contributed by atoms with Gasteiger partial charge < -0.3 is 4.90 Å². The summed E-state index contributed by atoms with van der Waals surface area (Å²) in [5.74, 6) is 0.533. The molecule has 0 saturated carbocycles. The topological polar surface area (TPSA) is 54.5 Å². The van der Waals surface area contributed by atoms with E-state index in [0.717, 1.165) is 25.9 Å². The lowest BCUT2D eigenvalue weighted by Crippen LogP contribution is -2.42. The Balaban J connectivity index is 1.90. The van der Waals surface area contributed by atoms with Crippen LogP contribution in [0, 0.1) is 5.92 Å². The fourth-order valence-electron chi connectivity index (χ4n) is 2.51. The summed E-state index contributed by atoms with van der Waals surface area (Å²) in [5.41, 5.74) is 0. The second kappa shape index (κ2) is 4.73. The Morgan fingerprint density at radius 3 is 2.12 bits per heavy atom. The van der Waals surface area contributed by atoms with Gasteiger partial charge in [-0.1, -0.05) is 0 Å². The molecule has 0 atom stereocenters. The maximum Gasteiger partial charge on any atom is 0.225 e. The molecule has 0 unspecified atom stereocenters. The Kier molecular flexibility index (Phi) is 3.52. The van der Waals surface area contributed by atoms with Crippen LogP contribution in [0.15, 0.2) is 0 Å². The SMILES string of the molecule is O=C(C1CCS(=O)(=O)CC1)N1CCCCC1. The molecule has 0 spiro atoms. The number of amides is 1. The van der Waals surface area contributed by atoms with Crippen LogP contribution in [0.2, 0.25) is 0 Å². The van der Waals surface area contributed by atoms with Gasteiger partial charge in [0.2, 0.25) is 5.91 Å². The summed E-state index contributed by atoms with van der Waals surface area (Å²) in [6.07, 6.45) is 4.45. The number of hydrogen-bond acceptors (Lipinski definition) is 3. The van der Waals surface area contributed by atoms with Gasteiger partial charge in [-0.05, 0) is 32.1 Å². The van der Waals surface area contributed by atoms with E-state index in [-0.39, 0.29) is 23.3 Å². The van der Waals surface area contributed by atoms with E-state index < -0.39 is 9.84 Å². The van der Waals surface area contributed by atoms with E-state index in [9.17, 15) is 13.2 Å². The second-order valence-corrected chi connectivity index (χ2v) is 7.12. The lowest BCUT2D eigenvalue weighted by molar-refractivity contribution is -0.136. The zero-order chi connectivity index (χ0) is 11.6. The van der Waals surface area contributed by atoms with Crippen LogP contribution >= 0.6 is 0 Å². The molecule has 2 aliphatic rings. The van der Waals surface area contributed by atoms with Gasteiger partial charge in [0.05, 0.1) is 11.5 Å². The minimum atomic E-state index is -2.85. The molecule has 16 heavy (non-hydrogen) atoms. The molecule has 0 aromatic carbocycles.